The third kappa shape index (κ3) is 5.54. The highest BCUT2D eigenvalue weighted by Gasteiger charge is 1.88. The first-order chi connectivity index (χ1) is 4.81. The Labute approximate surface area is 63.1 Å². The molecule has 0 N–H and O–H groups in total. The summed E-state index contributed by atoms with van der Waals surface area (Å²) in [6.45, 7) is 4.06. The molecule has 0 saturated carbocycles. The van der Waals surface area contributed by atoms with Gasteiger partial charge in [0.1, 0.15) is 6.29 Å². The molecule has 0 aromatic heterocycles. The molecule has 0 aliphatic heterocycles. The van der Waals surface area contributed by atoms with Gasteiger partial charge >= 0.3 is 0 Å². The van der Waals surface area contributed by atoms with Crippen molar-refractivity contribution in [1.29, 1.82) is 0 Å². The number of unbranched alkanes of at least 4 members (excludes halogenated alkanes) is 2. The van der Waals surface area contributed by atoms with Crippen LogP contribution in [-0.2, 0) is 4.79 Å². The van der Waals surface area contributed by atoms with Crippen LogP contribution in [0.15, 0.2) is 12.2 Å². The Morgan fingerprint density at radius 1 is 1.50 bits per heavy atom. The van der Waals surface area contributed by atoms with E-state index in [0.717, 1.165) is 12.7 Å². The highest BCUT2D eigenvalue weighted by molar-refractivity contribution is 5.55. The first-order valence-corrected chi connectivity index (χ1v) is 3.93. The summed E-state index contributed by atoms with van der Waals surface area (Å²) in [6, 6.07) is 0. The third-order valence-electron chi connectivity index (χ3n) is 1.38. The lowest BCUT2D eigenvalue weighted by Gasteiger charge is -1.91. The molecule has 10 heavy (non-hydrogen) atoms. The van der Waals surface area contributed by atoms with Crippen molar-refractivity contribution in [2.75, 3.05) is 0 Å². The van der Waals surface area contributed by atoms with E-state index in [9.17, 15) is 4.79 Å². The first-order valence-electron chi connectivity index (χ1n) is 3.93. The number of allylic oxidation sites excluding steroid dienone is 2. The maximum atomic E-state index is 10.1. The molecule has 0 aliphatic carbocycles. The zero-order chi connectivity index (χ0) is 7.82. The summed E-state index contributed by atoms with van der Waals surface area (Å²) in [5.74, 6) is 0.0943. The van der Waals surface area contributed by atoms with Crippen LogP contribution in [-0.4, -0.2) is 6.29 Å². The third-order valence-corrected chi connectivity index (χ3v) is 1.38. The standard InChI is InChI=1S/C9H16O/c1-3-4-5-6-7-9(2)8-10/h6-9H,3-5H2,1-2H3. The minimum atomic E-state index is 0.0943. The van der Waals surface area contributed by atoms with Crippen LogP contribution >= 0.6 is 0 Å². The van der Waals surface area contributed by atoms with Gasteiger partial charge in [0.05, 0.1) is 0 Å². The molecule has 0 spiro atoms. The van der Waals surface area contributed by atoms with Gasteiger partial charge in [0.25, 0.3) is 0 Å². The molecule has 0 radical (unpaired) electrons. The molecule has 0 rings (SSSR count). The van der Waals surface area contributed by atoms with Crippen LogP contribution < -0.4 is 0 Å². The number of carbonyl (C=O) groups is 1. The first kappa shape index (κ1) is 9.41. The van der Waals surface area contributed by atoms with Crippen molar-refractivity contribution >= 4 is 6.29 Å². The number of hydrogen-bond acceptors (Lipinski definition) is 1. The molecule has 0 fully saturated rings. The van der Waals surface area contributed by atoms with Crippen molar-refractivity contribution < 1.29 is 4.79 Å². The molecular formula is C9H16O. The number of hydrogen-bond donors (Lipinski definition) is 0. The van der Waals surface area contributed by atoms with E-state index in [1.165, 1.54) is 12.8 Å². The van der Waals surface area contributed by atoms with E-state index in [0.29, 0.717) is 0 Å². The summed E-state index contributed by atoms with van der Waals surface area (Å²) in [7, 11) is 0. The fourth-order valence-electron chi connectivity index (χ4n) is 0.678. The fourth-order valence-corrected chi connectivity index (χ4v) is 0.678. The van der Waals surface area contributed by atoms with Crippen LogP contribution in [0.2, 0.25) is 0 Å². The Morgan fingerprint density at radius 3 is 2.70 bits per heavy atom. The lowest BCUT2D eigenvalue weighted by Crippen LogP contribution is -1.87. The van der Waals surface area contributed by atoms with E-state index in [2.05, 4.69) is 13.0 Å². The molecule has 58 valence electrons. The zero-order valence-corrected chi connectivity index (χ0v) is 6.84. The Bertz CT molecular complexity index is 105. The highest BCUT2D eigenvalue weighted by atomic mass is 16.1. The Balaban J connectivity index is 3.26. The van der Waals surface area contributed by atoms with E-state index in [4.69, 9.17) is 0 Å². The molecule has 0 aromatic rings. The monoisotopic (exact) mass is 140 g/mol. The van der Waals surface area contributed by atoms with Crippen molar-refractivity contribution in [1.82, 2.24) is 0 Å². The molecule has 0 heterocycles. The van der Waals surface area contributed by atoms with E-state index in [1.807, 2.05) is 13.0 Å². The predicted octanol–water partition coefficient (Wildman–Crippen LogP) is 2.57. The lowest BCUT2D eigenvalue weighted by atomic mass is 10.1. The predicted molar refractivity (Wildman–Crippen MR) is 43.9 cm³/mol. The van der Waals surface area contributed by atoms with Crippen LogP contribution in [0.3, 0.4) is 0 Å². The van der Waals surface area contributed by atoms with Gasteiger partial charge in [-0.3, -0.25) is 0 Å². The second-order valence-corrected chi connectivity index (χ2v) is 2.57. The molecule has 1 atom stereocenters. The van der Waals surface area contributed by atoms with E-state index in [1.54, 1.807) is 0 Å². The normalized spacial score (nSPS) is 13.8. The van der Waals surface area contributed by atoms with Crippen molar-refractivity contribution in [2.45, 2.75) is 33.1 Å². The van der Waals surface area contributed by atoms with Crippen LogP contribution in [0.4, 0.5) is 0 Å². The average molecular weight is 140 g/mol. The second kappa shape index (κ2) is 6.53. The summed E-state index contributed by atoms with van der Waals surface area (Å²) in [6.07, 6.45) is 8.56. The van der Waals surface area contributed by atoms with Gasteiger partial charge in [-0.25, -0.2) is 0 Å². The second-order valence-electron chi connectivity index (χ2n) is 2.57. The van der Waals surface area contributed by atoms with Crippen molar-refractivity contribution in [3.63, 3.8) is 0 Å². The number of carbonyl (C=O) groups excluding carboxylic acids is 1. The summed E-state index contributed by atoms with van der Waals surface area (Å²) >= 11 is 0. The summed E-state index contributed by atoms with van der Waals surface area (Å²) < 4.78 is 0. The topological polar surface area (TPSA) is 17.1 Å². The van der Waals surface area contributed by atoms with Gasteiger partial charge in [-0.2, -0.15) is 0 Å². The van der Waals surface area contributed by atoms with Gasteiger partial charge in [0.2, 0.25) is 0 Å². The Morgan fingerprint density at radius 2 is 2.20 bits per heavy atom. The van der Waals surface area contributed by atoms with Gasteiger partial charge in [-0.15, -0.1) is 0 Å². The molecule has 0 bridgehead atoms. The minimum absolute atomic E-state index is 0.0943. The van der Waals surface area contributed by atoms with Crippen molar-refractivity contribution in [2.24, 2.45) is 5.92 Å². The van der Waals surface area contributed by atoms with Crippen LogP contribution in [0.5, 0.6) is 0 Å². The number of rotatable bonds is 5. The lowest BCUT2D eigenvalue weighted by molar-refractivity contribution is -0.109. The van der Waals surface area contributed by atoms with Crippen molar-refractivity contribution in [3.05, 3.63) is 12.2 Å². The van der Waals surface area contributed by atoms with Gasteiger partial charge < -0.3 is 4.79 Å². The fraction of sp³-hybridized carbons (Fsp3) is 0.667. The smallest absolute Gasteiger partial charge is 0.126 e. The van der Waals surface area contributed by atoms with Crippen LogP contribution in [0.1, 0.15) is 33.1 Å². The molecule has 0 amide bonds. The Hall–Kier alpha value is -0.590. The molecule has 0 aliphatic rings. The van der Waals surface area contributed by atoms with Gasteiger partial charge in [0.15, 0.2) is 0 Å². The molecule has 1 heteroatoms. The molecule has 0 saturated heterocycles. The molecule has 1 nitrogen and oxygen atoms in total. The summed E-state index contributed by atoms with van der Waals surface area (Å²) in [5.41, 5.74) is 0. The van der Waals surface area contributed by atoms with E-state index < -0.39 is 0 Å². The maximum Gasteiger partial charge on any atom is 0.126 e. The summed E-state index contributed by atoms with van der Waals surface area (Å²) in [4.78, 5) is 10.1. The maximum absolute atomic E-state index is 10.1. The number of aldehydes is 1. The molecule has 1 unspecified atom stereocenters. The highest BCUT2D eigenvalue weighted by Crippen LogP contribution is 1.98. The van der Waals surface area contributed by atoms with Crippen molar-refractivity contribution in [3.8, 4) is 0 Å². The SMILES string of the molecule is CCCCC=CC(C)C=O. The van der Waals surface area contributed by atoms with Gasteiger partial charge in [0, 0.05) is 5.92 Å². The Kier molecular flexibility index (Phi) is 6.14. The van der Waals surface area contributed by atoms with E-state index >= 15 is 0 Å². The van der Waals surface area contributed by atoms with E-state index in [-0.39, 0.29) is 5.92 Å². The van der Waals surface area contributed by atoms with Crippen LogP contribution in [0, 0.1) is 5.92 Å². The largest absolute Gasteiger partial charge is 0.303 e. The van der Waals surface area contributed by atoms with Gasteiger partial charge in [-0.05, 0) is 6.42 Å². The average Bonchev–Trinajstić information content (AvgIpc) is 1.98. The molecular weight excluding hydrogens is 124 g/mol. The summed E-state index contributed by atoms with van der Waals surface area (Å²) in [5, 5.41) is 0. The van der Waals surface area contributed by atoms with Crippen LogP contribution in [0.25, 0.3) is 0 Å². The van der Waals surface area contributed by atoms with Gasteiger partial charge in [-0.1, -0.05) is 38.8 Å². The zero-order valence-electron chi connectivity index (χ0n) is 6.84. The quantitative estimate of drug-likeness (QED) is 0.326. The minimum Gasteiger partial charge on any atom is -0.303 e. The molecule has 0 aromatic carbocycles.